The molecule has 0 aliphatic rings. The number of aromatic nitrogens is 5. The third-order valence-corrected chi connectivity index (χ3v) is 5.21. The van der Waals surface area contributed by atoms with Gasteiger partial charge >= 0.3 is 5.69 Å². The predicted octanol–water partition coefficient (Wildman–Crippen LogP) is 3.52. The lowest BCUT2D eigenvalue weighted by molar-refractivity contribution is -0.132. The summed E-state index contributed by atoms with van der Waals surface area (Å²) in [5, 5.41) is 8.98. The molecule has 4 rings (SSSR count). The van der Waals surface area contributed by atoms with E-state index in [0.717, 1.165) is 12.8 Å². The van der Waals surface area contributed by atoms with Gasteiger partial charge < -0.3 is 9.42 Å². The third-order valence-electron chi connectivity index (χ3n) is 4.97. The second kappa shape index (κ2) is 9.35. The molecule has 1 aromatic carbocycles. The highest BCUT2D eigenvalue weighted by molar-refractivity contribution is 6.30. The molecule has 0 atom stereocenters. The van der Waals surface area contributed by atoms with Crippen LogP contribution in [0.5, 0.6) is 0 Å². The van der Waals surface area contributed by atoms with Gasteiger partial charge in [0.2, 0.25) is 11.7 Å². The van der Waals surface area contributed by atoms with Crippen molar-refractivity contribution in [3.63, 3.8) is 0 Å². The SMILES string of the molecule is CCCN(CCC)C(=O)Cn1nc2c(-c3nc(-c4cccc(Cl)c4)no3)cccn2c1=O. The van der Waals surface area contributed by atoms with Crippen LogP contribution in [0.3, 0.4) is 0 Å². The van der Waals surface area contributed by atoms with Crippen LogP contribution in [0, 0.1) is 0 Å². The molecule has 0 aliphatic heterocycles. The van der Waals surface area contributed by atoms with E-state index in [0.29, 0.717) is 40.7 Å². The molecule has 3 aromatic heterocycles. The molecule has 0 fully saturated rings. The van der Waals surface area contributed by atoms with E-state index in [-0.39, 0.29) is 18.3 Å². The molecule has 0 bridgehead atoms. The first-order valence-corrected chi connectivity index (χ1v) is 10.9. The third kappa shape index (κ3) is 4.29. The molecule has 4 aromatic rings. The molecule has 166 valence electrons. The maximum absolute atomic E-state index is 12.9. The number of nitrogens with zero attached hydrogens (tertiary/aromatic N) is 6. The average Bonchev–Trinajstić information content (AvgIpc) is 3.39. The Morgan fingerprint density at radius 1 is 1.16 bits per heavy atom. The predicted molar refractivity (Wildman–Crippen MR) is 120 cm³/mol. The van der Waals surface area contributed by atoms with Crippen molar-refractivity contribution in [3.8, 4) is 22.8 Å². The van der Waals surface area contributed by atoms with E-state index >= 15 is 0 Å². The van der Waals surface area contributed by atoms with Crippen molar-refractivity contribution >= 4 is 23.2 Å². The first kappa shape index (κ1) is 21.8. The molecule has 0 saturated carbocycles. The summed E-state index contributed by atoms with van der Waals surface area (Å²) in [6.07, 6.45) is 3.30. The average molecular weight is 455 g/mol. The monoisotopic (exact) mass is 454 g/mol. The lowest BCUT2D eigenvalue weighted by atomic mass is 10.2. The summed E-state index contributed by atoms with van der Waals surface area (Å²) in [5.41, 5.74) is 1.14. The summed E-state index contributed by atoms with van der Waals surface area (Å²) in [6.45, 7) is 5.20. The van der Waals surface area contributed by atoms with E-state index in [9.17, 15) is 9.59 Å². The summed E-state index contributed by atoms with van der Waals surface area (Å²) >= 11 is 6.05. The Morgan fingerprint density at radius 3 is 2.66 bits per heavy atom. The van der Waals surface area contributed by atoms with Crippen LogP contribution in [-0.2, 0) is 11.3 Å². The Labute approximate surface area is 189 Å². The van der Waals surface area contributed by atoms with Gasteiger partial charge in [-0.1, -0.05) is 42.7 Å². The summed E-state index contributed by atoms with van der Waals surface area (Å²) in [7, 11) is 0. The molecule has 10 heteroatoms. The van der Waals surface area contributed by atoms with Crippen LogP contribution in [-0.4, -0.2) is 48.2 Å². The largest absolute Gasteiger partial charge is 0.350 e. The lowest BCUT2D eigenvalue weighted by Gasteiger charge is -2.20. The van der Waals surface area contributed by atoms with E-state index in [1.54, 1.807) is 41.4 Å². The first-order chi connectivity index (χ1) is 15.5. The van der Waals surface area contributed by atoms with Gasteiger partial charge in [-0.2, -0.15) is 4.98 Å². The van der Waals surface area contributed by atoms with E-state index in [1.807, 2.05) is 19.9 Å². The molecule has 0 radical (unpaired) electrons. The van der Waals surface area contributed by atoms with Gasteiger partial charge in [-0.05, 0) is 37.1 Å². The number of carbonyl (C=O) groups is 1. The van der Waals surface area contributed by atoms with Gasteiger partial charge in [0.05, 0.1) is 5.56 Å². The summed E-state index contributed by atoms with van der Waals surface area (Å²) in [6, 6.07) is 10.6. The van der Waals surface area contributed by atoms with Gasteiger partial charge in [-0.25, -0.2) is 13.9 Å². The number of hydrogen-bond donors (Lipinski definition) is 0. The first-order valence-electron chi connectivity index (χ1n) is 10.5. The van der Waals surface area contributed by atoms with E-state index in [2.05, 4.69) is 15.2 Å². The van der Waals surface area contributed by atoms with Crippen LogP contribution in [0.4, 0.5) is 0 Å². The zero-order valence-corrected chi connectivity index (χ0v) is 18.6. The van der Waals surface area contributed by atoms with Crippen molar-refractivity contribution in [1.29, 1.82) is 0 Å². The maximum Gasteiger partial charge on any atom is 0.350 e. The van der Waals surface area contributed by atoms with Crippen molar-refractivity contribution in [2.75, 3.05) is 13.1 Å². The van der Waals surface area contributed by atoms with Gasteiger partial charge in [-0.15, -0.1) is 5.10 Å². The Bertz CT molecular complexity index is 1300. The van der Waals surface area contributed by atoms with Crippen molar-refractivity contribution in [2.24, 2.45) is 0 Å². The van der Waals surface area contributed by atoms with Crippen LogP contribution in [0.15, 0.2) is 51.9 Å². The zero-order valence-electron chi connectivity index (χ0n) is 17.9. The molecular weight excluding hydrogens is 432 g/mol. The highest BCUT2D eigenvalue weighted by atomic mass is 35.5. The smallest absolute Gasteiger partial charge is 0.341 e. The molecular formula is C22H23ClN6O3. The number of carbonyl (C=O) groups excluding carboxylic acids is 1. The van der Waals surface area contributed by atoms with E-state index in [1.165, 1.54) is 9.08 Å². The van der Waals surface area contributed by atoms with Crippen molar-refractivity contribution in [3.05, 3.63) is 58.1 Å². The Balaban J connectivity index is 1.68. The highest BCUT2D eigenvalue weighted by Gasteiger charge is 2.20. The van der Waals surface area contributed by atoms with Gasteiger partial charge in [0.25, 0.3) is 5.89 Å². The van der Waals surface area contributed by atoms with Crippen molar-refractivity contribution in [1.82, 2.24) is 29.2 Å². The van der Waals surface area contributed by atoms with Crippen LogP contribution in [0.25, 0.3) is 28.5 Å². The highest BCUT2D eigenvalue weighted by Crippen LogP contribution is 2.25. The van der Waals surface area contributed by atoms with Gasteiger partial charge in [0.15, 0.2) is 5.65 Å². The standard InChI is InChI=1S/C22H23ClN6O3/c1-3-10-27(11-4-2)18(30)14-29-22(31)28-12-6-9-17(20(28)25-29)21-24-19(26-32-21)15-7-5-8-16(23)13-15/h5-9,12-13H,3-4,10-11,14H2,1-2H3. The van der Waals surface area contributed by atoms with Crippen LogP contribution < -0.4 is 5.69 Å². The molecule has 0 N–H and O–H groups in total. The Kier molecular flexibility index (Phi) is 6.36. The fraction of sp³-hybridized carbons (Fsp3) is 0.318. The minimum atomic E-state index is -0.405. The molecule has 3 heterocycles. The molecule has 1 amide bonds. The number of amides is 1. The van der Waals surface area contributed by atoms with Crippen LogP contribution in [0.1, 0.15) is 26.7 Å². The molecule has 0 saturated heterocycles. The number of fused-ring (bicyclic) bond motifs is 1. The quantitative estimate of drug-likeness (QED) is 0.404. The van der Waals surface area contributed by atoms with Gasteiger partial charge in [0, 0.05) is 29.9 Å². The maximum atomic E-state index is 12.9. The number of hydrogen-bond acceptors (Lipinski definition) is 6. The van der Waals surface area contributed by atoms with Crippen molar-refractivity contribution in [2.45, 2.75) is 33.2 Å². The summed E-state index contributed by atoms with van der Waals surface area (Å²) < 4.78 is 7.99. The fourth-order valence-electron chi connectivity index (χ4n) is 3.51. The Morgan fingerprint density at radius 2 is 1.94 bits per heavy atom. The van der Waals surface area contributed by atoms with E-state index in [4.69, 9.17) is 16.1 Å². The van der Waals surface area contributed by atoms with Gasteiger partial charge in [0.1, 0.15) is 6.54 Å². The summed E-state index contributed by atoms with van der Waals surface area (Å²) in [5.74, 6) is 0.450. The number of halogens is 1. The minimum Gasteiger partial charge on any atom is -0.341 e. The van der Waals surface area contributed by atoms with Crippen LogP contribution in [0.2, 0.25) is 5.02 Å². The lowest BCUT2D eigenvalue weighted by Crippen LogP contribution is -2.37. The number of rotatable bonds is 8. The topological polar surface area (TPSA) is 98.5 Å². The number of benzene rings is 1. The minimum absolute atomic E-state index is 0.127. The second-order valence-corrected chi connectivity index (χ2v) is 7.81. The molecule has 0 spiro atoms. The van der Waals surface area contributed by atoms with Gasteiger partial charge in [-0.3, -0.25) is 4.79 Å². The fourth-order valence-corrected chi connectivity index (χ4v) is 3.71. The molecule has 0 aliphatic carbocycles. The molecule has 9 nitrogen and oxygen atoms in total. The zero-order chi connectivity index (χ0) is 22.7. The molecule has 32 heavy (non-hydrogen) atoms. The van der Waals surface area contributed by atoms with Crippen molar-refractivity contribution < 1.29 is 9.32 Å². The number of pyridine rings is 1. The molecule has 0 unspecified atom stereocenters. The normalized spacial score (nSPS) is 11.2. The summed E-state index contributed by atoms with van der Waals surface area (Å²) in [4.78, 5) is 31.8. The van der Waals surface area contributed by atoms with Crippen LogP contribution >= 0.6 is 11.6 Å². The Hall–Kier alpha value is -3.46. The van der Waals surface area contributed by atoms with E-state index < -0.39 is 5.69 Å². The second-order valence-electron chi connectivity index (χ2n) is 7.37.